The van der Waals surface area contributed by atoms with E-state index in [0.717, 1.165) is 0 Å². The zero-order valence-electron chi connectivity index (χ0n) is 5.41. The van der Waals surface area contributed by atoms with Crippen LogP contribution in [0.15, 0.2) is 0 Å². The van der Waals surface area contributed by atoms with Gasteiger partial charge >= 0.3 is 8.93 Å². The van der Waals surface area contributed by atoms with E-state index >= 15 is 0 Å². The first-order valence-electron chi connectivity index (χ1n) is 2.80. The van der Waals surface area contributed by atoms with Crippen LogP contribution in [0.4, 0.5) is 0 Å². The lowest BCUT2D eigenvalue weighted by Gasteiger charge is -2.00. The molecule has 0 saturated heterocycles. The van der Waals surface area contributed by atoms with Crippen LogP contribution in [0.1, 0.15) is 12.8 Å². The van der Waals surface area contributed by atoms with E-state index in [1.807, 2.05) is 0 Å². The van der Waals surface area contributed by atoms with Crippen LogP contribution >= 0.6 is 0 Å². The highest BCUT2D eigenvalue weighted by molar-refractivity contribution is 6.35. The molecule has 0 fully saturated rings. The highest BCUT2D eigenvalue weighted by Crippen LogP contribution is 1.91. The molecule has 10 heavy (non-hydrogen) atoms. The monoisotopic (exact) mass is 162 g/mol. The van der Waals surface area contributed by atoms with Crippen molar-refractivity contribution < 1.29 is 14.1 Å². The van der Waals surface area contributed by atoms with Crippen molar-refractivity contribution >= 4 is 14.8 Å². The number of rotatable bonds is 4. The van der Waals surface area contributed by atoms with Gasteiger partial charge in [0.2, 0.25) is 5.91 Å². The summed E-state index contributed by atoms with van der Waals surface area (Å²) in [7, 11) is -2.69. The minimum atomic E-state index is -2.69. The summed E-state index contributed by atoms with van der Waals surface area (Å²) in [6.07, 6.45) is 0.252. The zero-order valence-corrected chi connectivity index (χ0v) is 6.41. The lowest BCUT2D eigenvalue weighted by Crippen LogP contribution is -2.33. The fraction of sp³-hybridized carbons (Fsp3) is 0.750. The lowest BCUT2D eigenvalue weighted by atomic mass is 10.3. The average Bonchev–Trinajstić information content (AvgIpc) is 1.82. The lowest BCUT2D eigenvalue weighted by molar-refractivity contribution is -0.118. The molecule has 5 N–H and O–H groups in total. The number of nitrogens with two attached hydrogens (primary N) is 2. The van der Waals surface area contributed by atoms with Gasteiger partial charge in [0.25, 0.3) is 0 Å². The summed E-state index contributed by atoms with van der Waals surface area (Å²) in [6.45, 7) is 0. The van der Waals surface area contributed by atoms with Gasteiger partial charge in [-0.3, -0.25) is 4.79 Å². The average molecular weight is 162 g/mol. The SMILES string of the molecule is NC(=O)CCC(N)[Si](=O)O. The van der Waals surface area contributed by atoms with Gasteiger partial charge in [-0.15, -0.1) is 0 Å². The first kappa shape index (κ1) is 9.25. The van der Waals surface area contributed by atoms with E-state index in [-0.39, 0.29) is 12.8 Å². The van der Waals surface area contributed by atoms with Crippen molar-refractivity contribution in [3.63, 3.8) is 0 Å². The van der Waals surface area contributed by atoms with E-state index in [1.165, 1.54) is 0 Å². The molecule has 0 aliphatic heterocycles. The van der Waals surface area contributed by atoms with E-state index in [0.29, 0.717) is 0 Å². The van der Waals surface area contributed by atoms with Crippen molar-refractivity contribution in [2.75, 3.05) is 0 Å². The van der Waals surface area contributed by atoms with Crippen molar-refractivity contribution in [2.45, 2.75) is 18.5 Å². The Morgan fingerprint density at radius 2 is 2.20 bits per heavy atom. The van der Waals surface area contributed by atoms with Crippen molar-refractivity contribution in [1.82, 2.24) is 0 Å². The summed E-state index contributed by atoms with van der Waals surface area (Å²) < 4.78 is 10.2. The number of carbonyl (C=O) groups excluding carboxylic acids is 1. The molecule has 0 aromatic heterocycles. The summed E-state index contributed by atoms with van der Waals surface area (Å²) in [5.41, 5.74) is 9.12. The van der Waals surface area contributed by atoms with Gasteiger partial charge in [-0.1, -0.05) is 0 Å². The molecule has 0 spiro atoms. The molecule has 0 aliphatic rings. The third kappa shape index (κ3) is 4.16. The van der Waals surface area contributed by atoms with Crippen LogP contribution < -0.4 is 11.5 Å². The van der Waals surface area contributed by atoms with Crippen LogP contribution in [0.3, 0.4) is 0 Å². The third-order valence-corrected chi connectivity index (χ3v) is 1.94. The van der Waals surface area contributed by atoms with Gasteiger partial charge in [0.1, 0.15) is 0 Å². The van der Waals surface area contributed by atoms with Crippen LogP contribution in [0, 0.1) is 0 Å². The van der Waals surface area contributed by atoms with Crippen LogP contribution in [0.5, 0.6) is 0 Å². The van der Waals surface area contributed by atoms with Crippen molar-refractivity contribution in [2.24, 2.45) is 11.5 Å². The second kappa shape index (κ2) is 4.12. The Kier molecular flexibility index (Phi) is 3.81. The van der Waals surface area contributed by atoms with Gasteiger partial charge in [0, 0.05) is 6.42 Å². The zero-order chi connectivity index (χ0) is 8.15. The fourth-order valence-corrected chi connectivity index (χ4v) is 0.813. The number of carbonyl (C=O) groups is 1. The first-order chi connectivity index (χ1) is 4.54. The van der Waals surface area contributed by atoms with E-state index in [9.17, 15) is 9.26 Å². The third-order valence-electron chi connectivity index (χ3n) is 1.02. The Bertz CT molecular complexity index is 149. The highest BCUT2D eigenvalue weighted by atomic mass is 28.3. The molecule has 0 aromatic rings. The molecule has 0 aliphatic carbocycles. The molecule has 0 aromatic carbocycles. The summed E-state index contributed by atoms with van der Waals surface area (Å²) in [5, 5.41) is 0. The standard InChI is InChI=1S/C4H10N2O3Si/c5-3(7)1-2-4(6)10(8)9/h4,8H,1-2,6H2,(H2,5,7). The predicted molar refractivity (Wildman–Crippen MR) is 35.1 cm³/mol. The molecule has 1 unspecified atom stereocenters. The number of hydrogen-bond donors (Lipinski definition) is 3. The van der Waals surface area contributed by atoms with Crippen molar-refractivity contribution in [3.05, 3.63) is 0 Å². The molecule has 1 amide bonds. The molecule has 58 valence electrons. The van der Waals surface area contributed by atoms with E-state index in [4.69, 9.17) is 16.3 Å². The van der Waals surface area contributed by atoms with Gasteiger partial charge in [-0.05, 0) is 6.42 Å². The maximum absolute atomic E-state index is 10.2. The second-order valence-electron chi connectivity index (χ2n) is 1.95. The quantitative estimate of drug-likeness (QED) is 0.417. The second-order valence-corrected chi connectivity index (χ2v) is 3.37. The van der Waals surface area contributed by atoms with E-state index < -0.39 is 20.5 Å². The summed E-state index contributed by atoms with van der Waals surface area (Å²) in [6, 6.07) is 0. The van der Waals surface area contributed by atoms with Crippen LogP contribution in [-0.4, -0.2) is 25.3 Å². The molecule has 1 atom stereocenters. The van der Waals surface area contributed by atoms with Crippen LogP contribution in [0.2, 0.25) is 0 Å². The van der Waals surface area contributed by atoms with Crippen molar-refractivity contribution in [1.29, 1.82) is 0 Å². The molecule has 0 rings (SSSR count). The smallest absolute Gasteiger partial charge is 0.518 e. The molecular weight excluding hydrogens is 152 g/mol. The normalized spacial score (nSPS) is 12.5. The maximum Gasteiger partial charge on any atom is 0.518 e. The Morgan fingerprint density at radius 3 is 2.50 bits per heavy atom. The fourth-order valence-electron chi connectivity index (χ4n) is 0.421. The van der Waals surface area contributed by atoms with Crippen molar-refractivity contribution in [3.8, 4) is 0 Å². The van der Waals surface area contributed by atoms with Crippen LogP contribution in [0.25, 0.3) is 0 Å². The summed E-state index contributed by atoms with van der Waals surface area (Å²) >= 11 is 0. The first-order valence-corrected chi connectivity index (χ1v) is 4.24. The molecule has 6 heteroatoms. The summed E-state index contributed by atoms with van der Waals surface area (Å²) in [4.78, 5) is 18.5. The van der Waals surface area contributed by atoms with Crippen LogP contribution in [-0.2, 0) is 9.26 Å². The Morgan fingerprint density at radius 1 is 1.70 bits per heavy atom. The van der Waals surface area contributed by atoms with Gasteiger partial charge in [-0.2, -0.15) is 0 Å². The topological polar surface area (TPSA) is 106 Å². The van der Waals surface area contributed by atoms with Gasteiger partial charge in [-0.25, -0.2) is 0 Å². The predicted octanol–water partition coefficient (Wildman–Crippen LogP) is -1.97. The molecular formula is C4H10N2O3Si. The minimum absolute atomic E-state index is 0.0676. The molecule has 0 heterocycles. The molecule has 0 radical (unpaired) electrons. The number of primary amides is 1. The van der Waals surface area contributed by atoms with Gasteiger partial charge in [0.15, 0.2) is 0 Å². The van der Waals surface area contributed by atoms with E-state index in [1.54, 1.807) is 0 Å². The number of amides is 1. The Balaban J connectivity index is 3.49. The summed E-state index contributed by atoms with van der Waals surface area (Å²) in [5.74, 6) is -0.501. The Labute approximate surface area is 59.8 Å². The van der Waals surface area contributed by atoms with E-state index in [2.05, 4.69) is 0 Å². The maximum atomic E-state index is 10.2. The molecule has 0 bridgehead atoms. The molecule has 0 saturated carbocycles. The molecule has 5 nitrogen and oxygen atoms in total. The van der Waals surface area contributed by atoms with Gasteiger partial charge < -0.3 is 20.7 Å². The van der Waals surface area contributed by atoms with Gasteiger partial charge in [0.05, 0.1) is 5.67 Å². The Hall–Kier alpha value is -0.753. The highest BCUT2D eigenvalue weighted by Gasteiger charge is 2.15. The minimum Gasteiger partial charge on any atom is -0.539 e. The largest absolute Gasteiger partial charge is 0.539 e. The number of hydrogen-bond acceptors (Lipinski definition) is 3.